The third kappa shape index (κ3) is 3.42. The van der Waals surface area contributed by atoms with Gasteiger partial charge in [-0.25, -0.2) is 5.01 Å². The highest BCUT2D eigenvalue weighted by Gasteiger charge is 2.18. The summed E-state index contributed by atoms with van der Waals surface area (Å²) >= 11 is 0. The summed E-state index contributed by atoms with van der Waals surface area (Å²) in [5, 5.41) is 15.5. The van der Waals surface area contributed by atoms with Crippen molar-refractivity contribution in [2.75, 3.05) is 23.8 Å². The highest BCUT2D eigenvalue weighted by Crippen LogP contribution is 2.17. The minimum Gasteiger partial charge on any atom is -0.399 e. The fraction of sp³-hybridized carbons (Fsp3) is 0.357. The third-order valence-corrected chi connectivity index (χ3v) is 3.33. The standard InChI is InChI=1S/C14H21N5O/c1-2-19(12-5-3-11(15)4-6-12)17-14(16)18-9-7-13(20)8-10-18/h2-6,13,20H,1,7-10,15H2,(H2,16,17). The number of anilines is 2. The summed E-state index contributed by atoms with van der Waals surface area (Å²) < 4.78 is 0. The molecule has 0 aliphatic carbocycles. The third-order valence-electron chi connectivity index (χ3n) is 3.33. The minimum atomic E-state index is -0.230. The quantitative estimate of drug-likeness (QED) is 0.330. The number of rotatable bonds is 3. The summed E-state index contributed by atoms with van der Waals surface area (Å²) in [7, 11) is 0. The van der Waals surface area contributed by atoms with E-state index in [0.717, 1.165) is 5.69 Å². The molecule has 0 unspecified atom stereocenters. The maximum atomic E-state index is 9.50. The zero-order valence-corrected chi connectivity index (χ0v) is 11.4. The topological polar surface area (TPSA) is 91.1 Å². The van der Waals surface area contributed by atoms with Crippen LogP contribution in [0.2, 0.25) is 0 Å². The highest BCUT2D eigenvalue weighted by molar-refractivity contribution is 5.79. The molecule has 0 spiro atoms. The molecule has 0 aromatic heterocycles. The Balaban J connectivity index is 2.09. The van der Waals surface area contributed by atoms with Crippen molar-refractivity contribution in [1.29, 1.82) is 0 Å². The molecule has 0 amide bonds. The molecule has 6 heteroatoms. The monoisotopic (exact) mass is 275 g/mol. The van der Waals surface area contributed by atoms with Crippen molar-refractivity contribution < 1.29 is 5.11 Å². The second-order valence-corrected chi connectivity index (χ2v) is 4.80. The van der Waals surface area contributed by atoms with E-state index in [1.54, 1.807) is 23.3 Å². The van der Waals surface area contributed by atoms with Crippen LogP contribution in [0.5, 0.6) is 0 Å². The second kappa shape index (κ2) is 6.29. The van der Waals surface area contributed by atoms with Gasteiger partial charge in [0.15, 0.2) is 0 Å². The number of aliphatic hydroxyl groups is 1. The molecular formula is C14H21N5O. The second-order valence-electron chi connectivity index (χ2n) is 4.80. The van der Waals surface area contributed by atoms with E-state index in [9.17, 15) is 5.11 Å². The van der Waals surface area contributed by atoms with E-state index in [0.29, 0.717) is 37.6 Å². The van der Waals surface area contributed by atoms with Crippen LogP contribution in [0.4, 0.5) is 11.4 Å². The van der Waals surface area contributed by atoms with E-state index in [2.05, 4.69) is 11.7 Å². The number of nitrogen functional groups attached to an aromatic ring is 1. The van der Waals surface area contributed by atoms with Crippen molar-refractivity contribution in [3.05, 3.63) is 37.0 Å². The molecule has 1 fully saturated rings. The molecule has 1 saturated heterocycles. The van der Waals surface area contributed by atoms with Crippen LogP contribution in [0.3, 0.4) is 0 Å². The zero-order valence-electron chi connectivity index (χ0n) is 11.4. The molecule has 1 aromatic rings. The number of aliphatic hydroxyl groups excluding tert-OH is 1. The molecule has 0 bridgehead atoms. The summed E-state index contributed by atoms with van der Waals surface area (Å²) in [4.78, 5) is 1.96. The van der Waals surface area contributed by atoms with Crippen LogP contribution in [-0.4, -0.2) is 35.2 Å². The van der Waals surface area contributed by atoms with E-state index in [1.165, 1.54) is 0 Å². The predicted octanol–water partition coefficient (Wildman–Crippen LogP) is 0.905. The molecule has 0 saturated carbocycles. The summed E-state index contributed by atoms with van der Waals surface area (Å²) in [6.07, 6.45) is 2.79. The van der Waals surface area contributed by atoms with Gasteiger partial charge in [0.2, 0.25) is 5.96 Å². The number of nitrogens with zero attached hydrogens (tertiary/aromatic N) is 3. The molecule has 1 aromatic carbocycles. The summed E-state index contributed by atoms with van der Waals surface area (Å²) in [5.41, 5.74) is 13.2. The predicted molar refractivity (Wildman–Crippen MR) is 82.0 cm³/mol. The lowest BCUT2D eigenvalue weighted by atomic mass is 10.1. The lowest BCUT2D eigenvalue weighted by molar-refractivity contribution is 0.108. The molecule has 2 rings (SSSR count). The fourth-order valence-electron chi connectivity index (χ4n) is 2.10. The smallest absolute Gasteiger partial charge is 0.214 e. The lowest BCUT2D eigenvalue weighted by Crippen LogP contribution is -2.44. The number of nitrogens with two attached hydrogens (primary N) is 2. The number of likely N-dealkylation sites (tertiary alicyclic amines) is 1. The largest absolute Gasteiger partial charge is 0.399 e. The van der Waals surface area contributed by atoms with Crippen molar-refractivity contribution >= 4 is 17.3 Å². The zero-order chi connectivity index (χ0) is 14.5. The highest BCUT2D eigenvalue weighted by atomic mass is 16.3. The molecule has 0 atom stereocenters. The van der Waals surface area contributed by atoms with Crippen LogP contribution >= 0.6 is 0 Å². The van der Waals surface area contributed by atoms with Gasteiger partial charge in [-0.2, -0.15) is 0 Å². The Morgan fingerprint density at radius 3 is 2.50 bits per heavy atom. The van der Waals surface area contributed by atoms with E-state index in [4.69, 9.17) is 11.5 Å². The van der Waals surface area contributed by atoms with Crippen LogP contribution < -0.4 is 16.5 Å². The van der Waals surface area contributed by atoms with Gasteiger partial charge in [0.25, 0.3) is 0 Å². The van der Waals surface area contributed by atoms with Crippen LogP contribution in [0.25, 0.3) is 0 Å². The molecule has 1 heterocycles. The normalized spacial score (nSPS) is 17.1. The molecule has 1 aliphatic heterocycles. The van der Waals surface area contributed by atoms with E-state index >= 15 is 0 Å². The van der Waals surface area contributed by atoms with Crippen LogP contribution in [0.1, 0.15) is 12.8 Å². The maximum Gasteiger partial charge on any atom is 0.214 e. The molecular weight excluding hydrogens is 254 g/mol. The fourth-order valence-corrected chi connectivity index (χ4v) is 2.10. The van der Waals surface area contributed by atoms with Gasteiger partial charge < -0.3 is 21.5 Å². The first-order valence-electron chi connectivity index (χ1n) is 6.64. The SMILES string of the molecule is C=CN(/N=C(\N)N1CCC(O)CC1)c1ccc(N)cc1. The van der Waals surface area contributed by atoms with Gasteiger partial charge in [-0.1, -0.05) is 6.58 Å². The van der Waals surface area contributed by atoms with E-state index in [1.807, 2.05) is 17.0 Å². The van der Waals surface area contributed by atoms with Crippen molar-refractivity contribution in [2.45, 2.75) is 18.9 Å². The number of hydrazone groups is 1. The first kappa shape index (κ1) is 14.2. The average Bonchev–Trinajstić information content (AvgIpc) is 2.46. The summed E-state index contributed by atoms with van der Waals surface area (Å²) in [5.74, 6) is 0.425. The Bertz CT molecular complexity index is 477. The molecule has 0 radical (unpaired) electrons. The number of hydrogen-bond donors (Lipinski definition) is 3. The van der Waals surface area contributed by atoms with Crippen molar-refractivity contribution in [3.63, 3.8) is 0 Å². The van der Waals surface area contributed by atoms with Crippen molar-refractivity contribution in [1.82, 2.24) is 4.90 Å². The van der Waals surface area contributed by atoms with Crippen LogP contribution in [-0.2, 0) is 0 Å². The van der Waals surface area contributed by atoms with Gasteiger partial charge in [-0.3, -0.25) is 0 Å². The Morgan fingerprint density at radius 1 is 1.35 bits per heavy atom. The van der Waals surface area contributed by atoms with Gasteiger partial charge in [-0.05, 0) is 37.1 Å². The molecule has 6 nitrogen and oxygen atoms in total. The van der Waals surface area contributed by atoms with Crippen LogP contribution in [0, 0.1) is 0 Å². The number of benzene rings is 1. The van der Waals surface area contributed by atoms with Gasteiger partial charge >= 0.3 is 0 Å². The summed E-state index contributed by atoms with van der Waals surface area (Å²) in [6, 6.07) is 7.31. The Morgan fingerprint density at radius 2 is 1.95 bits per heavy atom. The minimum absolute atomic E-state index is 0.230. The van der Waals surface area contributed by atoms with Crippen LogP contribution in [0.15, 0.2) is 42.1 Å². The van der Waals surface area contributed by atoms with E-state index < -0.39 is 0 Å². The summed E-state index contributed by atoms with van der Waals surface area (Å²) in [6.45, 7) is 5.17. The Hall–Kier alpha value is -2.21. The van der Waals surface area contributed by atoms with E-state index in [-0.39, 0.29) is 6.10 Å². The Kier molecular flexibility index (Phi) is 4.47. The van der Waals surface area contributed by atoms with Gasteiger partial charge in [0, 0.05) is 25.0 Å². The van der Waals surface area contributed by atoms with Gasteiger partial charge in [0.1, 0.15) is 0 Å². The molecule has 108 valence electrons. The Labute approximate surface area is 119 Å². The number of piperidine rings is 1. The van der Waals surface area contributed by atoms with Gasteiger partial charge in [0.05, 0.1) is 11.8 Å². The molecule has 5 N–H and O–H groups in total. The first-order valence-corrected chi connectivity index (χ1v) is 6.64. The first-order chi connectivity index (χ1) is 9.60. The average molecular weight is 275 g/mol. The molecule has 1 aliphatic rings. The molecule has 20 heavy (non-hydrogen) atoms. The lowest BCUT2D eigenvalue weighted by Gasteiger charge is -2.31. The maximum absolute atomic E-state index is 9.50. The van der Waals surface area contributed by atoms with Crippen molar-refractivity contribution in [3.8, 4) is 0 Å². The van der Waals surface area contributed by atoms with Crippen molar-refractivity contribution in [2.24, 2.45) is 10.8 Å². The van der Waals surface area contributed by atoms with Gasteiger partial charge in [-0.15, -0.1) is 5.10 Å². The number of guanidine groups is 1. The number of hydrogen-bond acceptors (Lipinski definition) is 4.